The number of carbonyl (C=O) groups is 2. The van der Waals surface area contributed by atoms with Crippen molar-refractivity contribution in [2.75, 3.05) is 32.7 Å². The number of aromatic nitrogens is 1. The number of nitro groups is 1. The van der Waals surface area contributed by atoms with Crippen LogP contribution in [0.5, 0.6) is 0 Å². The van der Waals surface area contributed by atoms with Crippen LogP contribution in [0, 0.1) is 10.1 Å². The number of piperazine rings is 1. The third-order valence-electron chi connectivity index (χ3n) is 3.13. The van der Waals surface area contributed by atoms with Gasteiger partial charge in [0.05, 0.1) is 17.7 Å². The van der Waals surface area contributed by atoms with Gasteiger partial charge in [-0.25, -0.2) is 0 Å². The molecule has 0 spiro atoms. The average molecular weight is 282 g/mol. The third kappa shape index (κ3) is 3.12. The van der Waals surface area contributed by atoms with E-state index in [0.29, 0.717) is 26.2 Å². The molecule has 9 nitrogen and oxygen atoms in total. The molecule has 0 aromatic carbocycles. The number of aromatic amines is 1. The Balaban J connectivity index is 1.94. The summed E-state index contributed by atoms with van der Waals surface area (Å²) in [7, 11) is 0. The van der Waals surface area contributed by atoms with Gasteiger partial charge in [0.2, 0.25) is 0 Å². The summed E-state index contributed by atoms with van der Waals surface area (Å²) >= 11 is 0. The second-order valence-corrected chi connectivity index (χ2v) is 4.49. The molecular formula is C11H14N4O5. The summed E-state index contributed by atoms with van der Waals surface area (Å²) in [4.78, 5) is 38.5. The molecule has 1 aromatic rings. The summed E-state index contributed by atoms with van der Waals surface area (Å²) in [6.45, 7) is 1.70. The molecule has 20 heavy (non-hydrogen) atoms. The molecule has 0 radical (unpaired) electrons. The molecule has 9 heteroatoms. The maximum atomic E-state index is 12.1. The number of H-pyrrole nitrogens is 1. The Morgan fingerprint density at radius 3 is 2.50 bits per heavy atom. The van der Waals surface area contributed by atoms with Gasteiger partial charge in [-0.15, -0.1) is 0 Å². The Kier molecular flexibility index (Phi) is 3.99. The van der Waals surface area contributed by atoms with Crippen LogP contribution in [0.2, 0.25) is 0 Å². The van der Waals surface area contributed by atoms with Crippen molar-refractivity contribution in [3.8, 4) is 0 Å². The van der Waals surface area contributed by atoms with Crippen LogP contribution in [0.4, 0.5) is 5.69 Å². The highest BCUT2D eigenvalue weighted by molar-refractivity contribution is 5.93. The van der Waals surface area contributed by atoms with Gasteiger partial charge in [0, 0.05) is 32.2 Å². The van der Waals surface area contributed by atoms with Crippen molar-refractivity contribution in [3.05, 3.63) is 28.1 Å². The molecule has 0 aliphatic carbocycles. The monoisotopic (exact) mass is 282 g/mol. The first kappa shape index (κ1) is 14.0. The molecule has 2 rings (SSSR count). The number of hydrogen-bond donors (Lipinski definition) is 2. The second kappa shape index (κ2) is 5.70. The van der Waals surface area contributed by atoms with E-state index in [-0.39, 0.29) is 23.8 Å². The lowest BCUT2D eigenvalue weighted by atomic mass is 10.2. The van der Waals surface area contributed by atoms with E-state index in [9.17, 15) is 19.7 Å². The number of nitrogens with zero attached hydrogens (tertiary/aromatic N) is 3. The lowest BCUT2D eigenvalue weighted by Crippen LogP contribution is -2.49. The van der Waals surface area contributed by atoms with E-state index in [4.69, 9.17) is 5.11 Å². The van der Waals surface area contributed by atoms with Gasteiger partial charge in [-0.3, -0.25) is 24.6 Å². The van der Waals surface area contributed by atoms with Gasteiger partial charge >= 0.3 is 5.97 Å². The number of carboxylic acids is 1. The fourth-order valence-corrected chi connectivity index (χ4v) is 2.08. The lowest BCUT2D eigenvalue weighted by molar-refractivity contribution is -0.384. The highest BCUT2D eigenvalue weighted by Crippen LogP contribution is 2.14. The van der Waals surface area contributed by atoms with Crippen molar-refractivity contribution in [3.63, 3.8) is 0 Å². The summed E-state index contributed by atoms with van der Waals surface area (Å²) < 4.78 is 0. The largest absolute Gasteiger partial charge is 0.480 e. The number of nitrogens with one attached hydrogen (secondary N) is 1. The number of amides is 1. The number of carbonyl (C=O) groups excluding carboxylic acids is 1. The first-order chi connectivity index (χ1) is 9.47. The van der Waals surface area contributed by atoms with Gasteiger partial charge < -0.3 is 15.0 Å². The van der Waals surface area contributed by atoms with Crippen molar-refractivity contribution in [2.45, 2.75) is 0 Å². The maximum Gasteiger partial charge on any atom is 0.317 e. The fraction of sp³-hybridized carbons (Fsp3) is 0.455. The van der Waals surface area contributed by atoms with Gasteiger partial charge in [-0.2, -0.15) is 0 Å². The van der Waals surface area contributed by atoms with E-state index >= 15 is 0 Å². The highest BCUT2D eigenvalue weighted by Gasteiger charge is 2.25. The number of carboxylic acid groups (broad SMARTS) is 1. The Bertz CT molecular complexity index is 533. The van der Waals surface area contributed by atoms with Gasteiger partial charge in [0.1, 0.15) is 5.69 Å². The Morgan fingerprint density at radius 1 is 1.35 bits per heavy atom. The van der Waals surface area contributed by atoms with Crippen LogP contribution in [-0.2, 0) is 4.79 Å². The maximum absolute atomic E-state index is 12.1. The van der Waals surface area contributed by atoms with Crippen molar-refractivity contribution >= 4 is 17.6 Å². The summed E-state index contributed by atoms with van der Waals surface area (Å²) in [5.74, 6) is -1.21. The molecule has 1 aliphatic heterocycles. The minimum Gasteiger partial charge on any atom is -0.480 e. The van der Waals surface area contributed by atoms with Gasteiger partial charge in [0.15, 0.2) is 0 Å². The van der Waals surface area contributed by atoms with Crippen LogP contribution in [0.25, 0.3) is 0 Å². The molecule has 1 aliphatic rings. The SMILES string of the molecule is O=C(O)CN1CCN(C(=O)c2cc([N+](=O)[O-])c[nH]2)CC1. The van der Waals surface area contributed by atoms with Crippen LogP contribution < -0.4 is 0 Å². The minimum atomic E-state index is -0.898. The second-order valence-electron chi connectivity index (χ2n) is 4.49. The van der Waals surface area contributed by atoms with E-state index in [1.54, 1.807) is 9.80 Å². The van der Waals surface area contributed by atoms with Crippen molar-refractivity contribution in [1.82, 2.24) is 14.8 Å². The summed E-state index contributed by atoms with van der Waals surface area (Å²) in [5, 5.41) is 19.2. The van der Waals surface area contributed by atoms with Gasteiger partial charge in [-0.1, -0.05) is 0 Å². The Labute approximate surface area is 113 Å². The van der Waals surface area contributed by atoms with Crippen LogP contribution in [-0.4, -0.2) is 69.4 Å². The summed E-state index contributed by atoms with van der Waals surface area (Å²) in [6.07, 6.45) is 1.17. The van der Waals surface area contributed by atoms with Crippen molar-refractivity contribution in [1.29, 1.82) is 0 Å². The fourth-order valence-electron chi connectivity index (χ4n) is 2.08. The molecule has 1 amide bonds. The predicted molar refractivity (Wildman–Crippen MR) is 67.4 cm³/mol. The molecule has 0 unspecified atom stereocenters. The number of hydrogen-bond acceptors (Lipinski definition) is 5. The predicted octanol–water partition coefficient (Wildman–Crippen LogP) is -0.235. The molecule has 2 N–H and O–H groups in total. The number of rotatable bonds is 4. The third-order valence-corrected chi connectivity index (χ3v) is 3.13. The molecular weight excluding hydrogens is 268 g/mol. The molecule has 0 saturated carbocycles. The molecule has 1 fully saturated rings. The standard InChI is InChI=1S/C11H14N4O5/c16-10(17)7-13-1-3-14(4-2-13)11(18)9-5-8(6-12-9)15(19)20/h5-6,12H,1-4,7H2,(H,16,17). The van der Waals surface area contributed by atoms with E-state index in [2.05, 4.69) is 4.98 Å². The van der Waals surface area contributed by atoms with E-state index in [0.717, 1.165) is 0 Å². The zero-order chi connectivity index (χ0) is 14.7. The normalized spacial score (nSPS) is 16.1. The quantitative estimate of drug-likeness (QED) is 0.581. The molecule has 108 valence electrons. The Morgan fingerprint density at radius 2 is 2.00 bits per heavy atom. The summed E-state index contributed by atoms with van der Waals surface area (Å²) in [5.41, 5.74) is 0.0150. The van der Waals surface area contributed by atoms with Gasteiger partial charge in [0.25, 0.3) is 11.6 Å². The van der Waals surface area contributed by atoms with Crippen LogP contribution in [0.1, 0.15) is 10.5 Å². The zero-order valence-corrected chi connectivity index (χ0v) is 10.6. The van der Waals surface area contributed by atoms with E-state index < -0.39 is 10.9 Å². The highest BCUT2D eigenvalue weighted by atomic mass is 16.6. The van der Waals surface area contributed by atoms with E-state index in [1.165, 1.54) is 12.3 Å². The lowest BCUT2D eigenvalue weighted by Gasteiger charge is -2.33. The van der Waals surface area contributed by atoms with Crippen LogP contribution in [0.15, 0.2) is 12.3 Å². The van der Waals surface area contributed by atoms with Crippen molar-refractivity contribution < 1.29 is 19.6 Å². The molecule has 1 aromatic heterocycles. The van der Waals surface area contributed by atoms with Gasteiger partial charge in [-0.05, 0) is 0 Å². The molecule has 1 saturated heterocycles. The smallest absolute Gasteiger partial charge is 0.317 e. The molecule has 0 bridgehead atoms. The summed E-state index contributed by atoms with van der Waals surface area (Å²) in [6, 6.07) is 1.20. The van der Waals surface area contributed by atoms with Crippen LogP contribution in [0.3, 0.4) is 0 Å². The molecule has 0 atom stereocenters. The first-order valence-electron chi connectivity index (χ1n) is 6.03. The van der Waals surface area contributed by atoms with Crippen LogP contribution >= 0.6 is 0 Å². The zero-order valence-electron chi connectivity index (χ0n) is 10.6. The topological polar surface area (TPSA) is 120 Å². The Hall–Kier alpha value is -2.42. The average Bonchev–Trinajstić information content (AvgIpc) is 2.88. The first-order valence-corrected chi connectivity index (χ1v) is 6.03. The van der Waals surface area contributed by atoms with Crippen molar-refractivity contribution in [2.24, 2.45) is 0 Å². The molecule has 2 heterocycles. The van der Waals surface area contributed by atoms with E-state index in [1.807, 2.05) is 0 Å². The number of aliphatic carboxylic acids is 1. The minimum absolute atomic E-state index is 0.0456.